The first-order chi connectivity index (χ1) is 9.28. The van der Waals surface area contributed by atoms with E-state index in [0.717, 1.165) is 38.4 Å². The normalized spacial score (nSPS) is 21.5. The Balaban J connectivity index is 1.53. The van der Waals surface area contributed by atoms with Crippen LogP contribution in [0.3, 0.4) is 0 Å². The molecular formula is C15H29N3O. The molecule has 2 aliphatic rings. The van der Waals surface area contributed by atoms with Crippen molar-refractivity contribution in [2.75, 3.05) is 32.7 Å². The van der Waals surface area contributed by atoms with Crippen molar-refractivity contribution in [1.29, 1.82) is 0 Å². The van der Waals surface area contributed by atoms with E-state index in [-0.39, 0.29) is 5.91 Å². The van der Waals surface area contributed by atoms with Crippen LogP contribution < -0.4 is 10.6 Å². The first kappa shape index (κ1) is 14.8. The minimum Gasteiger partial charge on any atom is -0.355 e. The summed E-state index contributed by atoms with van der Waals surface area (Å²) in [7, 11) is 0. The standard InChI is InChI=1S/C15H29N3O/c1-2-3-8-16-15(19)12-18-9-6-14(7-10-18)17-11-13-4-5-13/h13-14,17H,2-12H2,1H3,(H,16,19). The third-order valence-corrected chi connectivity index (χ3v) is 4.20. The molecule has 1 heterocycles. The average molecular weight is 267 g/mol. The van der Waals surface area contributed by atoms with E-state index >= 15 is 0 Å². The highest BCUT2D eigenvalue weighted by molar-refractivity contribution is 5.77. The van der Waals surface area contributed by atoms with Crippen LogP contribution >= 0.6 is 0 Å². The first-order valence-corrected chi connectivity index (χ1v) is 8.00. The predicted molar refractivity (Wildman–Crippen MR) is 78.1 cm³/mol. The van der Waals surface area contributed by atoms with Crippen molar-refractivity contribution in [2.24, 2.45) is 5.92 Å². The number of piperidine rings is 1. The summed E-state index contributed by atoms with van der Waals surface area (Å²) in [6, 6.07) is 0.681. The quantitative estimate of drug-likeness (QED) is 0.653. The number of unbranched alkanes of at least 4 members (excludes halogenated alkanes) is 1. The summed E-state index contributed by atoms with van der Waals surface area (Å²) < 4.78 is 0. The van der Waals surface area contributed by atoms with Crippen molar-refractivity contribution in [3.63, 3.8) is 0 Å². The van der Waals surface area contributed by atoms with Gasteiger partial charge in [0.15, 0.2) is 0 Å². The second kappa shape index (κ2) is 7.85. The van der Waals surface area contributed by atoms with Crippen molar-refractivity contribution in [3.8, 4) is 0 Å². The zero-order valence-corrected chi connectivity index (χ0v) is 12.3. The Bertz CT molecular complexity index is 271. The summed E-state index contributed by atoms with van der Waals surface area (Å²) in [5.74, 6) is 1.15. The molecule has 0 radical (unpaired) electrons. The van der Waals surface area contributed by atoms with E-state index in [0.29, 0.717) is 12.6 Å². The maximum atomic E-state index is 11.7. The third-order valence-electron chi connectivity index (χ3n) is 4.20. The number of nitrogens with zero attached hydrogens (tertiary/aromatic N) is 1. The van der Waals surface area contributed by atoms with Crippen LogP contribution in [0.15, 0.2) is 0 Å². The number of likely N-dealkylation sites (tertiary alicyclic amines) is 1. The third kappa shape index (κ3) is 5.91. The lowest BCUT2D eigenvalue weighted by molar-refractivity contribution is -0.122. The molecule has 0 bridgehead atoms. The molecule has 1 amide bonds. The maximum Gasteiger partial charge on any atom is 0.234 e. The van der Waals surface area contributed by atoms with Gasteiger partial charge in [0.25, 0.3) is 0 Å². The molecule has 1 saturated heterocycles. The zero-order chi connectivity index (χ0) is 13.5. The van der Waals surface area contributed by atoms with Gasteiger partial charge in [0.1, 0.15) is 0 Å². The Kier molecular flexibility index (Phi) is 6.11. The molecule has 0 unspecified atom stereocenters. The average Bonchev–Trinajstić information content (AvgIpc) is 3.22. The van der Waals surface area contributed by atoms with Crippen LogP contribution in [-0.2, 0) is 4.79 Å². The minimum atomic E-state index is 0.192. The Morgan fingerprint density at radius 2 is 1.95 bits per heavy atom. The van der Waals surface area contributed by atoms with E-state index < -0.39 is 0 Å². The van der Waals surface area contributed by atoms with Gasteiger partial charge in [-0.2, -0.15) is 0 Å². The van der Waals surface area contributed by atoms with Gasteiger partial charge in [-0.25, -0.2) is 0 Å². The maximum absolute atomic E-state index is 11.7. The number of hydrogen-bond donors (Lipinski definition) is 2. The van der Waals surface area contributed by atoms with Gasteiger partial charge in [-0.15, -0.1) is 0 Å². The van der Waals surface area contributed by atoms with E-state index in [1.807, 2.05) is 0 Å². The molecule has 1 saturated carbocycles. The highest BCUT2D eigenvalue weighted by atomic mass is 16.2. The van der Waals surface area contributed by atoms with Crippen LogP contribution in [0.1, 0.15) is 45.4 Å². The molecule has 4 nitrogen and oxygen atoms in total. The van der Waals surface area contributed by atoms with Crippen molar-refractivity contribution in [1.82, 2.24) is 15.5 Å². The van der Waals surface area contributed by atoms with Gasteiger partial charge in [-0.1, -0.05) is 13.3 Å². The van der Waals surface area contributed by atoms with Crippen LogP contribution in [-0.4, -0.2) is 49.6 Å². The zero-order valence-electron chi connectivity index (χ0n) is 12.3. The van der Waals surface area contributed by atoms with Crippen LogP contribution in [0.25, 0.3) is 0 Å². The minimum absolute atomic E-state index is 0.192. The number of nitrogens with one attached hydrogen (secondary N) is 2. The van der Waals surface area contributed by atoms with Crippen LogP contribution in [0.4, 0.5) is 0 Å². The topological polar surface area (TPSA) is 44.4 Å². The molecule has 1 aliphatic heterocycles. The summed E-state index contributed by atoms with van der Waals surface area (Å²) >= 11 is 0. The first-order valence-electron chi connectivity index (χ1n) is 8.00. The van der Waals surface area contributed by atoms with Crippen molar-refractivity contribution < 1.29 is 4.79 Å². The summed E-state index contributed by atoms with van der Waals surface area (Å²) in [6.07, 6.45) is 7.44. The van der Waals surface area contributed by atoms with Crippen molar-refractivity contribution in [3.05, 3.63) is 0 Å². The lowest BCUT2D eigenvalue weighted by Gasteiger charge is -2.32. The summed E-state index contributed by atoms with van der Waals surface area (Å²) in [6.45, 7) is 6.88. The molecule has 2 rings (SSSR count). The van der Waals surface area contributed by atoms with E-state index in [4.69, 9.17) is 0 Å². The second-order valence-electron chi connectivity index (χ2n) is 6.11. The highest BCUT2D eigenvalue weighted by Gasteiger charge is 2.24. The Morgan fingerprint density at radius 3 is 2.58 bits per heavy atom. The molecule has 2 N–H and O–H groups in total. The molecule has 110 valence electrons. The van der Waals surface area contributed by atoms with Gasteiger partial charge in [0.2, 0.25) is 5.91 Å². The second-order valence-corrected chi connectivity index (χ2v) is 6.11. The Labute approximate surface area is 117 Å². The van der Waals surface area contributed by atoms with E-state index in [1.165, 1.54) is 32.2 Å². The molecule has 2 fully saturated rings. The van der Waals surface area contributed by atoms with Gasteiger partial charge < -0.3 is 10.6 Å². The van der Waals surface area contributed by atoms with Gasteiger partial charge in [-0.3, -0.25) is 9.69 Å². The molecule has 0 aromatic carbocycles. The Morgan fingerprint density at radius 1 is 1.21 bits per heavy atom. The largest absolute Gasteiger partial charge is 0.355 e. The predicted octanol–water partition coefficient (Wildman–Crippen LogP) is 1.37. The van der Waals surface area contributed by atoms with Crippen molar-refractivity contribution >= 4 is 5.91 Å². The molecule has 0 spiro atoms. The Hall–Kier alpha value is -0.610. The monoisotopic (exact) mass is 267 g/mol. The van der Waals surface area contributed by atoms with E-state index in [1.54, 1.807) is 0 Å². The van der Waals surface area contributed by atoms with Gasteiger partial charge in [0.05, 0.1) is 6.54 Å². The fraction of sp³-hybridized carbons (Fsp3) is 0.933. The summed E-state index contributed by atoms with van der Waals surface area (Å²) in [5, 5.41) is 6.67. The van der Waals surface area contributed by atoms with Gasteiger partial charge in [0, 0.05) is 25.7 Å². The number of carbonyl (C=O) groups excluding carboxylic acids is 1. The number of hydrogen-bond acceptors (Lipinski definition) is 3. The molecular weight excluding hydrogens is 238 g/mol. The number of carbonyl (C=O) groups is 1. The SMILES string of the molecule is CCCCNC(=O)CN1CCC(NCC2CC2)CC1. The fourth-order valence-electron chi connectivity index (χ4n) is 2.61. The smallest absolute Gasteiger partial charge is 0.234 e. The van der Waals surface area contributed by atoms with Gasteiger partial charge >= 0.3 is 0 Å². The number of rotatable bonds is 8. The fourth-order valence-corrected chi connectivity index (χ4v) is 2.61. The molecule has 0 atom stereocenters. The molecule has 0 aromatic rings. The van der Waals surface area contributed by atoms with E-state index in [2.05, 4.69) is 22.5 Å². The highest BCUT2D eigenvalue weighted by Crippen LogP contribution is 2.28. The summed E-state index contributed by atoms with van der Waals surface area (Å²) in [4.78, 5) is 14.0. The van der Waals surface area contributed by atoms with E-state index in [9.17, 15) is 4.79 Å². The van der Waals surface area contributed by atoms with Crippen LogP contribution in [0.2, 0.25) is 0 Å². The summed E-state index contributed by atoms with van der Waals surface area (Å²) in [5.41, 5.74) is 0. The lowest BCUT2D eigenvalue weighted by atomic mass is 10.0. The molecule has 4 heteroatoms. The van der Waals surface area contributed by atoms with Crippen LogP contribution in [0.5, 0.6) is 0 Å². The van der Waals surface area contributed by atoms with Crippen molar-refractivity contribution in [2.45, 2.75) is 51.5 Å². The van der Waals surface area contributed by atoms with Crippen LogP contribution in [0, 0.1) is 5.92 Å². The number of amides is 1. The van der Waals surface area contributed by atoms with Gasteiger partial charge in [-0.05, 0) is 44.6 Å². The molecule has 1 aliphatic carbocycles. The lowest BCUT2D eigenvalue weighted by Crippen LogP contribution is -2.46. The molecule has 19 heavy (non-hydrogen) atoms. The molecule has 0 aromatic heterocycles.